The molecule has 0 saturated carbocycles. The second-order valence-electron chi connectivity index (χ2n) is 11.2. The Balaban J connectivity index is 5.21. The first kappa shape index (κ1) is 37.1. The quantitative estimate of drug-likeness (QED) is 0.0651. The maximum Gasteiger partial charge on any atom is 0.362 e. The number of hydrogen-bond acceptors (Lipinski definition) is 4. The third kappa shape index (κ3) is 13.8. The summed E-state index contributed by atoms with van der Waals surface area (Å²) < 4.78 is -0.435. The molecule has 0 aliphatic rings. The van der Waals surface area contributed by atoms with Crippen molar-refractivity contribution < 1.29 is 34.2 Å². The van der Waals surface area contributed by atoms with E-state index in [1.807, 2.05) is 20.8 Å². The number of hydrogen-bond donors (Lipinski definition) is 2. The van der Waals surface area contributed by atoms with Gasteiger partial charge in [-0.25, -0.2) is 9.59 Å². The van der Waals surface area contributed by atoms with Gasteiger partial charge in [-0.1, -0.05) is 97.6 Å². The number of carboxylic acid groups (broad SMARTS) is 3. The molecule has 228 valence electrons. The summed E-state index contributed by atoms with van der Waals surface area (Å²) in [5.74, 6) is -3.56. The average molecular weight is 554 g/mol. The molecular weight excluding hydrogens is 494 g/mol. The van der Waals surface area contributed by atoms with E-state index in [0.717, 1.165) is 25.7 Å². The molecule has 7 nitrogen and oxygen atoms in total. The molecule has 39 heavy (non-hydrogen) atoms. The van der Waals surface area contributed by atoms with Crippen molar-refractivity contribution in [3.63, 3.8) is 0 Å². The van der Waals surface area contributed by atoms with Gasteiger partial charge in [0.2, 0.25) is 0 Å². The molecule has 0 saturated heterocycles. The zero-order chi connectivity index (χ0) is 29.5. The first-order valence-electron chi connectivity index (χ1n) is 15.9. The minimum absolute atomic E-state index is 0.206. The van der Waals surface area contributed by atoms with E-state index in [1.165, 1.54) is 51.4 Å². The van der Waals surface area contributed by atoms with Crippen LogP contribution in [-0.4, -0.2) is 57.3 Å². The number of carbonyl (C=O) groups is 3. The lowest BCUT2D eigenvalue weighted by molar-refractivity contribution is -0.975. The molecule has 0 bridgehead atoms. The van der Waals surface area contributed by atoms with Gasteiger partial charge in [0.1, 0.15) is 6.04 Å². The van der Waals surface area contributed by atoms with Gasteiger partial charge in [-0.3, -0.25) is 4.48 Å². The predicted molar refractivity (Wildman–Crippen MR) is 156 cm³/mol. The van der Waals surface area contributed by atoms with Crippen molar-refractivity contribution in [1.82, 2.24) is 0 Å². The number of allylic oxidation sites excluding steroid dienone is 2. The topological polar surface area (TPSA) is 115 Å². The molecule has 3 atom stereocenters. The smallest absolute Gasteiger partial charge is 0.362 e. The van der Waals surface area contributed by atoms with Crippen LogP contribution in [0.4, 0.5) is 0 Å². The van der Waals surface area contributed by atoms with Crippen molar-refractivity contribution in [3.05, 3.63) is 12.2 Å². The zero-order valence-electron chi connectivity index (χ0n) is 25.5. The number of rotatable bonds is 27. The fourth-order valence-corrected chi connectivity index (χ4v) is 6.08. The molecule has 0 fully saturated rings. The van der Waals surface area contributed by atoms with Crippen molar-refractivity contribution in [3.8, 4) is 0 Å². The highest BCUT2D eigenvalue weighted by molar-refractivity contribution is 5.77. The van der Waals surface area contributed by atoms with Crippen LogP contribution < -0.4 is 5.11 Å². The summed E-state index contributed by atoms with van der Waals surface area (Å²) in [6.07, 6.45) is 21.4. The molecule has 0 aromatic rings. The molecule has 7 heteroatoms. The van der Waals surface area contributed by atoms with Gasteiger partial charge in [0, 0.05) is 19.3 Å². The lowest BCUT2D eigenvalue weighted by Gasteiger charge is -2.52. The van der Waals surface area contributed by atoms with E-state index >= 15 is 0 Å². The molecular formula is C32H59NO6. The number of aliphatic carboxylic acids is 3. The monoisotopic (exact) mass is 553 g/mol. The second-order valence-corrected chi connectivity index (χ2v) is 11.2. The summed E-state index contributed by atoms with van der Waals surface area (Å²) in [6.45, 7) is 8.01. The van der Waals surface area contributed by atoms with Crippen LogP contribution in [0.3, 0.4) is 0 Å². The summed E-state index contributed by atoms with van der Waals surface area (Å²) in [6, 6.07) is -3.33. The van der Waals surface area contributed by atoms with E-state index in [2.05, 4.69) is 19.1 Å². The van der Waals surface area contributed by atoms with Crippen molar-refractivity contribution >= 4 is 17.9 Å². The second kappa shape index (κ2) is 22.9. The van der Waals surface area contributed by atoms with Gasteiger partial charge >= 0.3 is 11.9 Å². The van der Waals surface area contributed by atoms with Crippen molar-refractivity contribution in [2.75, 3.05) is 6.54 Å². The van der Waals surface area contributed by atoms with E-state index < -0.39 is 40.5 Å². The zero-order valence-corrected chi connectivity index (χ0v) is 25.5. The minimum atomic E-state index is -1.34. The van der Waals surface area contributed by atoms with Gasteiger partial charge in [0.15, 0.2) is 12.1 Å². The van der Waals surface area contributed by atoms with Crippen LogP contribution in [0.5, 0.6) is 0 Å². The summed E-state index contributed by atoms with van der Waals surface area (Å²) in [5.41, 5.74) is 0. The number of nitrogens with zero attached hydrogens (tertiary/aromatic N) is 1. The predicted octanol–water partition coefficient (Wildman–Crippen LogP) is 6.88. The van der Waals surface area contributed by atoms with Crippen molar-refractivity contribution in [2.45, 2.75) is 168 Å². The molecule has 0 heterocycles. The van der Waals surface area contributed by atoms with Crippen LogP contribution in [-0.2, 0) is 14.4 Å². The number of unbranched alkanes of at least 4 members (excludes halogenated alkanes) is 11. The van der Waals surface area contributed by atoms with Crippen LogP contribution in [0.15, 0.2) is 12.2 Å². The van der Waals surface area contributed by atoms with E-state index in [9.17, 15) is 29.7 Å². The Morgan fingerprint density at radius 2 is 0.974 bits per heavy atom. The molecule has 0 aliphatic heterocycles. The van der Waals surface area contributed by atoms with Gasteiger partial charge < -0.3 is 20.1 Å². The van der Waals surface area contributed by atoms with Crippen LogP contribution in [0.25, 0.3) is 0 Å². The van der Waals surface area contributed by atoms with Crippen LogP contribution in [0.1, 0.15) is 150 Å². The highest BCUT2D eigenvalue weighted by Gasteiger charge is 2.54. The molecule has 2 N–H and O–H groups in total. The van der Waals surface area contributed by atoms with Gasteiger partial charge in [-0.15, -0.1) is 0 Å². The van der Waals surface area contributed by atoms with Crippen LogP contribution in [0, 0.1) is 0 Å². The first-order chi connectivity index (χ1) is 18.7. The Kier molecular flexibility index (Phi) is 21.8. The molecule has 0 aromatic carbocycles. The van der Waals surface area contributed by atoms with Crippen molar-refractivity contribution in [1.29, 1.82) is 0 Å². The van der Waals surface area contributed by atoms with Gasteiger partial charge in [0.25, 0.3) is 0 Å². The highest BCUT2D eigenvalue weighted by atomic mass is 16.4. The summed E-state index contributed by atoms with van der Waals surface area (Å²) in [4.78, 5) is 37.5. The molecule has 0 radical (unpaired) electrons. The fourth-order valence-electron chi connectivity index (χ4n) is 6.08. The van der Waals surface area contributed by atoms with E-state index in [1.54, 1.807) is 0 Å². The van der Waals surface area contributed by atoms with Crippen LogP contribution in [0.2, 0.25) is 0 Å². The Hall–Kier alpha value is -1.89. The molecule has 0 spiro atoms. The van der Waals surface area contributed by atoms with Gasteiger partial charge in [-0.05, 0) is 44.9 Å². The molecule has 0 amide bonds. The highest BCUT2D eigenvalue weighted by Crippen LogP contribution is 2.34. The lowest BCUT2D eigenvalue weighted by atomic mass is 9.91. The van der Waals surface area contributed by atoms with E-state index in [4.69, 9.17) is 0 Å². The third-order valence-electron chi connectivity index (χ3n) is 8.08. The Morgan fingerprint density at radius 3 is 1.36 bits per heavy atom. The number of carboxylic acids is 3. The summed E-state index contributed by atoms with van der Waals surface area (Å²) >= 11 is 0. The van der Waals surface area contributed by atoms with Crippen LogP contribution >= 0.6 is 0 Å². The number of quaternary nitrogens is 1. The molecule has 0 rings (SSSR count). The lowest BCUT2D eigenvalue weighted by Crippen LogP contribution is -2.74. The minimum Gasteiger partial charge on any atom is -0.544 e. The average Bonchev–Trinajstić information content (AvgIpc) is 2.89. The van der Waals surface area contributed by atoms with Gasteiger partial charge in [0.05, 0.1) is 12.5 Å². The summed E-state index contributed by atoms with van der Waals surface area (Å²) in [5, 5.41) is 32.9. The first-order valence-corrected chi connectivity index (χ1v) is 15.9. The fraction of sp³-hybridized carbons (Fsp3) is 0.844. The molecule has 0 aromatic heterocycles. The largest absolute Gasteiger partial charge is 0.544 e. The maximum absolute atomic E-state index is 12.5. The Labute approximate surface area is 238 Å². The number of carbonyl (C=O) groups excluding carboxylic acids is 1. The summed E-state index contributed by atoms with van der Waals surface area (Å²) in [7, 11) is 0. The maximum atomic E-state index is 12.5. The Bertz CT molecular complexity index is 632. The van der Waals surface area contributed by atoms with E-state index in [0.29, 0.717) is 25.7 Å². The molecule has 0 aliphatic carbocycles. The van der Waals surface area contributed by atoms with Gasteiger partial charge in [-0.2, -0.15) is 0 Å². The standard InChI is InChI=1S/C32H59NO6/c1-5-9-10-11-12-13-14-15-16-17-18-19-20-21-22-26-33(27(23-6-2)30(34)35,28(24-7-3)31(36)37)29(25-8-4)32(38)39/h11-12,27-29H,5-10,13-26H2,1-4H3,(H2-,34,35,36,37,38,39)/b12-11+. The molecule has 3 unspecified atom stereocenters. The SMILES string of the molecule is CCCC/C=C/CCCCCCCCCCC[N+](C(CCC)C(=O)[O-])(C(CCC)C(=O)O)C(CCC)C(=O)O. The third-order valence-corrected chi connectivity index (χ3v) is 8.08. The van der Waals surface area contributed by atoms with Crippen molar-refractivity contribution in [2.24, 2.45) is 0 Å². The van der Waals surface area contributed by atoms with E-state index in [-0.39, 0.29) is 25.8 Å². The normalized spacial score (nSPS) is 15.6. The Morgan fingerprint density at radius 1 is 0.590 bits per heavy atom.